The van der Waals surface area contributed by atoms with Gasteiger partial charge in [-0.3, -0.25) is 0 Å². The molecule has 2 aromatic rings. The molecule has 1 unspecified atom stereocenters. The average molecular weight is 461 g/mol. The number of hydrogen-bond acceptors (Lipinski definition) is 6. The fraction of sp³-hybridized carbons (Fsp3) is 0.464. The summed E-state index contributed by atoms with van der Waals surface area (Å²) in [6, 6.07) is 12.8. The lowest BCUT2D eigenvalue weighted by Gasteiger charge is -2.36. The van der Waals surface area contributed by atoms with Crippen molar-refractivity contribution < 1.29 is 19.1 Å². The highest BCUT2D eigenvalue weighted by Gasteiger charge is 2.42. The van der Waals surface area contributed by atoms with E-state index >= 15 is 0 Å². The predicted molar refractivity (Wildman–Crippen MR) is 131 cm³/mol. The van der Waals surface area contributed by atoms with Gasteiger partial charge in [0.2, 0.25) is 5.84 Å². The third kappa shape index (κ3) is 4.59. The molecule has 5 rings (SSSR count). The summed E-state index contributed by atoms with van der Waals surface area (Å²) in [5.74, 6) is -0.696. The maximum atomic E-state index is 13.7. The van der Waals surface area contributed by atoms with Crippen LogP contribution in [0.15, 0.2) is 47.5 Å². The van der Waals surface area contributed by atoms with E-state index in [9.17, 15) is 9.59 Å². The van der Waals surface area contributed by atoms with Gasteiger partial charge in [0.15, 0.2) is 6.04 Å². The van der Waals surface area contributed by atoms with Gasteiger partial charge in [0.05, 0.1) is 5.69 Å². The van der Waals surface area contributed by atoms with E-state index in [2.05, 4.69) is 0 Å². The summed E-state index contributed by atoms with van der Waals surface area (Å²) in [5, 5.41) is 0. The van der Waals surface area contributed by atoms with Crippen LogP contribution in [-0.4, -0.2) is 30.0 Å². The molecule has 34 heavy (non-hydrogen) atoms. The molecular formula is C28H32N2O4. The lowest BCUT2D eigenvalue weighted by Crippen LogP contribution is -2.47. The van der Waals surface area contributed by atoms with Crippen molar-refractivity contribution in [2.75, 3.05) is 4.90 Å². The lowest BCUT2D eigenvalue weighted by molar-refractivity contribution is -0.150. The van der Waals surface area contributed by atoms with Crippen LogP contribution in [0.1, 0.15) is 74.1 Å². The number of aliphatic imine (C=N–C) groups is 1. The van der Waals surface area contributed by atoms with Gasteiger partial charge in [-0.15, -0.1) is 0 Å². The van der Waals surface area contributed by atoms with Crippen molar-refractivity contribution in [3.05, 3.63) is 59.2 Å². The molecule has 0 bridgehead atoms. The Morgan fingerprint density at radius 1 is 0.824 bits per heavy atom. The summed E-state index contributed by atoms with van der Waals surface area (Å²) < 4.78 is 11.9. The second-order valence-corrected chi connectivity index (χ2v) is 9.76. The molecule has 0 amide bonds. The Morgan fingerprint density at radius 2 is 1.41 bits per heavy atom. The molecule has 0 spiro atoms. The van der Waals surface area contributed by atoms with Gasteiger partial charge in [-0.1, -0.05) is 35.4 Å². The van der Waals surface area contributed by atoms with E-state index in [0.717, 1.165) is 68.1 Å². The molecule has 2 fully saturated rings. The summed E-state index contributed by atoms with van der Waals surface area (Å²) in [7, 11) is 0. The van der Waals surface area contributed by atoms with Gasteiger partial charge in [0, 0.05) is 11.3 Å². The summed E-state index contributed by atoms with van der Waals surface area (Å²) in [6.07, 6.45) is 7.59. The van der Waals surface area contributed by atoms with E-state index < -0.39 is 12.0 Å². The highest BCUT2D eigenvalue weighted by Crippen LogP contribution is 2.40. The van der Waals surface area contributed by atoms with Crippen LogP contribution in [0.25, 0.3) is 0 Å². The van der Waals surface area contributed by atoms with Gasteiger partial charge in [-0.2, -0.15) is 0 Å². The average Bonchev–Trinajstić information content (AvgIpc) is 3.53. The number of benzene rings is 2. The van der Waals surface area contributed by atoms with Crippen molar-refractivity contribution in [1.82, 2.24) is 0 Å². The Hall–Kier alpha value is -3.15. The van der Waals surface area contributed by atoms with Crippen molar-refractivity contribution in [3.8, 4) is 0 Å². The molecule has 6 heteroatoms. The third-order valence-electron chi connectivity index (χ3n) is 7.07. The minimum Gasteiger partial charge on any atom is -0.461 e. The molecule has 0 N–H and O–H groups in total. The van der Waals surface area contributed by atoms with Crippen LogP contribution in [0.3, 0.4) is 0 Å². The number of carbonyl (C=O) groups excluding carboxylic acids is 2. The summed E-state index contributed by atoms with van der Waals surface area (Å²) in [5.41, 5.74) is 4.19. The van der Waals surface area contributed by atoms with Crippen LogP contribution in [0.2, 0.25) is 0 Å². The Bertz CT molecular complexity index is 1100. The molecule has 0 aromatic heterocycles. The Labute approximate surface area is 201 Å². The third-order valence-corrected chi connectivity index (χ3v) is 7.07. The van der Waals surface area contributed by atoms with Crippen LogP contribution in [0.4, 0.5) is 11.4 Å². The lowest BCUT2D eigenvalue weighted by atomic mass is 9.97. The summed E-state index contributed by atoms with van der Waals surface area (Å²) in [4.78, 5) is 33.6. The molecule has 0 radical (unpaired) electrons. The van der Waals surface area contributed by atoms with Crippen molar-refractivity contribution in [2.24, 2.45) is 4.99 Å². The van der Waals surface area contributed by atoms with Gasteiger partial charge in [0.1, 0.15) is 12.2 Å². The predicted octanol–water partition coefficient (Wildman–Crippen LogP) is 5.87. The second-order valence-electron chi connectivity index (χ2n) is 9.76. The molecule has 2 aromatic carbocycles. The van der Waals surface area contributed by atoms with Gasteiger partial charge < -0.3 is 14.4 Å². The van der Waals surface area contributed by atoms with Crippen molar-refractivity contribution in [2.45, 2.75) is 83.5 Å². The van der Waals surface area contributed by atoms with E-state index in [1.165, 1.54) is 0 Å². The van der Waals surface area contributed by atoms with Crippen molar-refractivity contribution in [1.29, 1.82) is 0 Å². The standard InChI is InChI=1S/C28H32N2O4/c1-18-11-14-20(15-12-18)30-25(27(31)33-21-7-3-4-8-21)23-17-19(2)13-16-24(23)29-26(30)28(32)34-22-9-5-6-10-22/h11-17,21-22,25H,3-10H2,1-2H3. The minimum absolute atomic E-state index is 0.0756. The van der Waals surface area contributed by atoms with E-state index in [0.29, 0.717) is 11.4 Å². The number of ether oxygens (including phenoxy) is 2. The number of esters is 2. The van der Waals surface area contributed by atoms with Gasteiger partial charge in [-0.25, -0.2) is 14.6 Å². The van der Waals surface area contributed by atoms with Crippen LogP contribution in [-0.2, 0) is 19.1 Å². The maximum Gasteiger partial charge on any atom is 0.374 e. The quantitative estimate of drug-likeness (QED) is 0.522. The van der Waals surface area contributed by atoms with Crippen molar-refractivity contribution >= 4 is 29.1 Å². The van der Waals surface area contributed by atoms with E-state index in [1.54, 1.807) is 4.90 Å². The smallest absolute Gasteiger partial charge is 0.374 e. The topological polar surface area (TPSA) is 68.2 Å². The highest BCUT2D eigenvalue weighted by molar-refractivity contribution is 6.42. The molecule has 2 aliphatic carbocycles. The molecule has 1 atom stereocenters. The zero-order valence-electron chi connectivity index (χ0n) is 20.0. The Morgan fingerprint density at radius 3 is 2.06 bits per heavy atom. The number of rotatable bonds is 5. The molecule has 6 nitrogen and oxygen atoms in total. The first-order chi connectivity index (χ1) is 16.5. The number of nitrogens with zero attached hydrogens (tertiary/aromatic N) is 2. The first-order valence-electron chi connectivity index (χ1n) is 12.5. The number of fused-ring (bicyclic) bond motifs is 1. The zero-order valence-corrected chi connectivity index (χ0v) is 20.0. The summed E-state index contributed by atoms with van der Waals surface area (Å²) in [6.45, 7) is 4.00. The zero-order chi connectivity index (χ0) is 23.7. The van der Waals surface area contributed by atoms with Crippen molar-refractivity contribution in [3.63, 3.8) is 0 Å². The molecule has 178 valence electrons. The van der Waals surface area contributed by atoms with Crippen LogP contribution in [0.5, 0.6) is 0 Å². The van der Waals surface area contributed by atoms with Crippen LogP contribution < -0.4 is 4.90 Å². The van der Waals surface area contributed by atoms with Gasteiger partial charge >= 0.3 is 11.9 Å². The Kier molecular flexibility index (Phi) is 6.40. The number of hydrogen-bond donors (Lipinski definition) is 0. The van der Waals surface area contributed by atoms with Crippen LogP contribution in [0, 0.1) is 13.8 Å². The normalized spacial score (nSPS) is 20.7. The van der Waals surface area contributed by atoms with E-state index in [4.69, 9.17) is 14.5 Å². The first-order valence-corrected chi connectivity index (χ1v) is 12.5. The fourth-order valence-corrected chi connectivity index (χ4v) is 5.22. The molecular weight excluding hydrogens is 428 g/mol. The fourth-order valence-electron chi connectivity index (χ4n) is 5.22. The maximum absolute atomic E-state index is 13.7. The molecule has 0 saturated heterocycles. The first kappa shape index (κ1) is 22.6. The molecule has 1 aliphatic heterocycles. The summed E-state index contributed by atoms with van der Waals surface area (Å²) >= 11 is 0. The largest absolute Gasteiger partial charge is 0.461 e. The van der Waals surface area contributed by atoms with E-state index in [-0.39, 0.29) is 24.0 Å². The van der Waals surface area contributed by atoms with Gasteiger partial charge in [-0.05, 0) is 83.4 Å². The Balaban J connectivity index is 1.59. The SMILES string of the molecule is Cc1ccc(N2C(C(=O)OC3CCCC3)=Nc3ccc(C)cc3C2C(=O)OC2CCCC2)cc1. The molecule has 3 aliphatic rings. The van der Waals surface area contributed by atoms with Gasteiger partial charge in [0.25, 0.3) is 0 Å². The number of carbonyl (C=O) groups is 2. The van der Waals surface area contributed by atoms with E-state index in [1.807, 2.05) is 56.3 Å². The highest BCUT2D eigenvalue weighted by atomic mass is 16.6. The number of aryl methyl sites for hydroxylation is 2. The number of amidine groups is 1. The van der Waals surface area contributed by atoms with Crippen LogP contribution >= 0.6 is 0 Å². The molecule has 1 heterocycles. The number of anilines is 1. The second kappa shape index (κ2) is 9.61. The minimum atomic E-state index is -0.804. The molecule has 2 saturated carbocycles. The monoisotopic (exact) mass is 460 g/mol.